The maximum absolute atomic E-state index is 13.0. The Balaban J connectivity index is 1.31. The van der Waals surface area contributed by atoms with E-state index in [1.807, 2.05) is 61.5 Å². The molecule has 6 heteroatoms. The molecule has 2 N–H and O–H groups in total. The van der Waals surface area contributed by atoms with Gasteiger partial charge in [0.15, 0.2) is 0 Å². The highest BCUT2D eigenvalue weighted by Gasteiger charge is 2.25. The van der Waals surface area contributed by atoms with Gasteiger partial charge in [-0.1, -0.05) is 60.7 Å². The van der Waals surface area contributed by atoms with Crippen LogP contribution in [-0.2, 0) is 4.79 Å². The van der Waals surface area contributed by atoms with E-state index in [-0.39, 0.29) is 17.9 Å². The molecule has 0 atom stereocenters. The van der Waals surface area contributed by atoms with E-state index in [4.69, 9.17) is 0 Å². The fourth-order valence-electron chi connectivity index (χ4n) is 4.50. The Bertz CT molecular complexity index is 977. The second kappa shape index (κ2) is 10.9. The Morgan fingerprint density at radius 2 is 1.48 bits per heavy atom. The van der Waals surface area contributed by atoms with Crippen LogP contribution in [0.5, 0.6) is 0 Å². The first-order valence-electron chi connectivity index (χ1n) is 11.7. The second-order valence-corrected chi connectivity index (χ2v) is 8.97. The van der Waals surface area contributed by atoms with Gasteiger partial charge in [-0.3, -0.25) is 4.79 Å². The van der Waals surface area contributed by atoms with Crippen LogP contribution in [0.3, 0.4) is 0 Å². The van der Waals surface area contributed by atoms with E-state index in [1.54, 1.807) is 6.20 Å². The van der Waals surface area contributed by atoms with Gasteiger partial charge < -0.3 is 15.5 Å². The second-order valence-electron chi connectivity index (χ2n) is 8.97. The molecule has 0 saturated heterocycles. The molecule has 1 aliphatic carbocycles. The first kappa shape index (κ1) is 22.8. The zero-order valence-corrected chi connectivity index (χ0v) is 19.4. The number of hydrogen-bond donors (Lipinski definition) is 2. The average Bonchev–Trinajstić information content (AvgIpc) is 2.85. The van der Waals surface area contributed by atoms with Crippen LogP contribution in [0.2, 0.25) is 0 Å². The Morgan fingerprint density at radius 3 is 2.06 bits per heavy atom. The van der Waals surface area contributed by atoms with E-state index in [9.17, 15) is 4.79 Å². The van der Waals surface area contributed by atoms with Crippen LogP contribution < -0.4 is 15.5 Å². The van der Waals surface area contributed by atoms with Gasteiger partial charge in [0.25, 0.3) is 0 Å². The molecule has 1 aliphatic rings. The fourth-order valence-corrected chi connectivity index (χ4v) is 4.50. The van der Waals surface area contributed by atoms with Gasteiger partial charge in [-0.15, -0.1) is 0 Å². The lowest BCUT2D eigenvalue weighted by molar-refractivity contribution is -0.122. The highest BCUT2D eigenvalue weighted by atomic mass is 16.1. The van der Waals surface area contributed by atoms with E-state index < -0.39 is 0 Å². The van der Waals surface area contributed by atoms with Crippen molar-refractivity contribution < 1.29 is 4.79 Å². The van der Waals surface area contributed by atoms with Crippen molar-refractivity contribution in [2.45, 2.75) is 50.1 Å². The molecule has 172 valence electrons. The monoisotopic (exact) mass is 443 g/mol. The van der Waals surface area contributed by atoms with Crippen molar-refractivity contribution in [2.75, 3.05) is 24.3 Å². The van der Waals surface area contributed by atoms with Crippen LogP contribution >= 0.6 is 0 Å². The standard InChI is InChI=1S/C27H33N5O/c1-32(2)25-17-18-28-27(31-25)30-23-15-13-22(14-16-23)29-26(33)19-24(20-9-5-3-6-10-20)21-11-7-4-8-12-21/h3-12,17-18,22-24H,13-16,19H2,1-2H3,(H,29,33)(H,28,30,31)/t22-,23+. The van der Waals surface area contributed by atoms with Crippen molar-refractivity contribution in [1.82, 2.24) is 15.3 Å². The summed E-state index contributed by atoms with van der Waals surface area (Å²) in [4.78, 5) is 23.9. The van der Waals surface area contributed by atoms with Crippen molar-refractivity contribution in [3.8, 4) is 0 Å². The van der Waals surface area contributed by atoms with Crippen molar-refractivity contribution in [2.24, 2.45) is 0 Å². The highest BCUT2D eigenvalue weighted by Crippen LogP contribution is 2.28. The molecular weight excluding hydrogens is 410 g/mol. The number of nitrogens with one attached hydrogen (secondary N) is 2. The number of carbonyl (C=O) groups excluding carboxylic acids is 1. The summed E-state index contributed by atoms with van der Waals surface area (Å²) in [6.07, 6.45) is 6.13. The molecule has 4 rings (SSSR count). The highest BCUT2D eigenvalue weighted by molar-refractivity contribution is 5.78. The van der Waals surface area contributed by atoms with Crippen LogP contribution in [0.25, 0.3) is 0 Å². The average molecular weight is 444 g/mol. The molecule has 0 radical (unpaired) electrons. The van der Waals surface area contributed by atoms with Crippen LogP contribution in [0.1, 0.15) is 49.1 Å². The molecule has 0 spiro atoms. The lowest BCUT2D eigenvalue weighted by atomic mass is 9.87. The van der Waals surface area contributed by atoms with Crippen molar-refractivity contribution in [3.63, 3.8) is 0 Å². The third-order valence-electron chi connectivity index (χ3n) is 6.32. The molecule has 2 aromatic carbocycles. The predicted molar refractivity (Wildman–Crippen MR) is 134 cm³/mol. The van der Waals surface area contributed by atoms with Crippen LogP contribution in [0.4, 0.5) is 11.8 Å². The summed E-state index contributed by atoms with van der Waals surface area (Å²) in [6.45, 7) is 0. The molecule has 3 aromatic rings. The zero-order valence-electron chi connectivity index (χ0n) is 19.4. The molecule has 1 amide bonds. The number of hydrogen-bond acceptors (Lipinski definition) is 5. The number of carbonyl (C=O) groups is 1. The predicted octanol–water partition coefficient (Wildman–Crippen LogP) is 4.60. The van der Waals surface area contributed by atoms with E-state index in [1.165, 1.54) is 11.1 Å². The maximum atomic E-state index is 13.0. The quantitative estimate of drug-likeness (QED) is 0.532. The van der Waals surface area contributed by atoms with E-state index in [2.05, 4.69) is 44.9 Å². The first-order chi connectivity index (χ1) is 16.1. The molecule has 1 saturated carbocycles. The minimum absolute atomic E-state index is 0.0616. The van der Waals surface area contributed by atoms with Crippen LogP contribution in [0, 0.1) is 0 Å². The van der Waals surface area contributed by atoms with Gasteiger partial charge >= 0.3 is 0 Å². The van der Waals surface area contributed by atoms with Crippen LogP contribution in [-0.4, -0.2) is 42.1 Å². The van der Waals surface area contributed by atoms with Gasteiger partial charge in [-0.05, 0) is 42.9 Å². The maximum Gasteiger partial charge on any atom is 0.224 e. The molecule has 1 aromatic heterocycles. The zero-order chi connectivity index (χ0) is 23.0. The van der Waals surface area contributed by atoms with Gasteiger partial charge in [0, 0.05) is 44.7 Å². The smallest absolute Gasteiger partial charge is 0.224 e. The van der Waals surface area contributed by atoms with E-state index in [0.717, 1.165) is 31.5 Å². The molecule has 1 fully saturated rings. The van der Waals surface area contributed by atoms with Crippen molar-refractivity contribution >= 4 is 17.7 Å². The number of amides is 1. The lowest BCUT2D eigenvalue weighted by Gasteiger charge is -2.30. The minimum Gasteiger partial charge on any atom is -0.363 e. The number of aromatic nitrogens is 2. The number of benzene rings is 2. The Labute approximate surface area is 196 Å². The number of rotatable bonds is 8. The van der Waals surface area contributed by atoms with Gasteiger partial charge in [-0.2, -0.15) is 4.98 Å². The normalized spacial score (nSPS) is 18.0. The SMILES string of the molecule is CN(C)c1ccnc(N[C@H]2CC[C@@H](NC(=O)CC(c3ccccc3)c3ccccc3)CC2)n1. The summed E-state index contributed by atoms with van der Waals surface area (Å²) in [5, 5.41) is 6.76. The van der Waals surface area contributed by atoms with Crippen molar-refractivity contribution in [3.05, 3.63) is 84.1 Å². The summed E-state index contributed by atoms with van der Waals surface area (Å²) < 4.78 is 0. The number of nitrogens with zero attached hydrogens (tertiary/aromatic N) is 3. The number of anilines is 2. The summed E-state index contributed by atoms with van der Waals surface area (Å²) in [6, 6.07) is 23.0. The molecule has 0 aliphatic heterocycles. The minimum atomic E-state index is 0.0616. The van der Waals surface area contributed by atoms with Gasteiger partial charge in [-0.25, -0.2) is 4.98 Å². The van der Waals surface area contributed by atoms with E-state index >= 15 is 0 Å². The molecule has 0 unspecified atom stereocenters. The lowest BCUT2D eigenvalue weighted by Crippen LogP contribution is -2.40. The Morgan fingerprint density at radius 1 is 0.909 bits per heavy atom. The third kappa shape index (κ3) is 6.31. The third-order valence-corrected chi connectivity index (χ3v) is 6.32. The summed E-state index contributed by atoms with van der Waals surface area (Å²) in [5.41, 5.74) is 2.35. The molecule has 6 nitrogen and oxygen atoms in total. The molecular formula is C27H33N5O. The first-order valence-corrected chi connectivity index (χ1v) is 11.7. The topological polar surface area (TPSA) is 70.2 Å². The molecule has 33 heavy (non-hydrogen) atoms. The summed E-state index contributed by atoms with van der Waals surface area (Å²) in [7, 11) is 3.94. The van der Waals surface area contributed by atoms with Gasteiger partial charge in [0.05, 0.1) is 0 Å². The molecule has 0 bridgehead atoms. The Kier molecular flexibility index (Phi) is 7.55. The molecule has 1 heterocycles. The summed E-state index contributed by atoms with van der Waals surface area (Å²) in [5.74, 6) is 1.74. The largest absolute Gasteiger partial charge is 0.363 e. The van der Waals surface area contributed by atoms with Gasteiger partial charge in [0.1, 0.15) is 5.82 Å². The van der Waals surface area contributed by atoms with Gasteiger partial charge in [0.2, 0.25) is 11.9 Å². The van der Waals surface area contributed by atoms with Crippen LogP contribution in [0.15, 0.2) is 72.9 Å². The Hall–Kier alpha value is -3.41. The van der Waals surface area contributed by atoms with Crippen molar-refractivity contribution in [1.29, 1.82) is 0 Å². The summed E-state index contributed by atoms with van der Waals surface area (Å²) >= 11 is 0. The fraction of sp³-hybridized carbons (Fsp3) is 0.370. The van der Waals surface area contributed by atoms with E-state index in [0.29, 0.717) is 18.4 Å².